The van der Waals surface area contributed by atoms with Gasteiger partial charge in [0.1, 0.15) is 5.41 Å². The molecule has 23 heavy (non-hydrogen) atoms. The van der Waals surface area contributed by atoms with E-state index >= 15 is 0 Å². The van der Waals surface area contributed by atoms with Gasteiger partial charge >= 0.3 is 29.6 Å². The normalized spacial score (nSPS) is 18.8. The second-order valence-corrected chi connectivity index (χ2v) is 5.26. The van der Waals surface area contributed by atoms with E-state index in [0.717, 1.165) is 0 Å². The fraction of sp³-hybridized carbons (Fsp3) is 0.188. The first-order valence-corrected chi connectivity index (χ1v) is 6.79. The third-order valence-electron chi connectivity index (χ3n) is 4.17. The smallest absolute Gasteiger partial charge is 0.549 e. The minimum Gasteiger partial charge on any atom is -0.549 e. The van der Waals surface area contributed by atoms with Crippen molar-refractivity contribution in [2.24, 2.45) is 5.73 Å². The summed E-state index contributed by atoms with van der Waals surface area (Å²) in [6.07, 6.45) is -0.00406. The molecular formula is C16H13N2NaO4. The summed E-state index contributed by atoms with van der Waals surface area (Å²) < 4.78 is 1.54. The van der Waals surface area contributed by atoms with E-state index in [1.807, 2.05) is 0 Å². The van der Waals surface area contributed by atoms with Crippen molar-refractivity contribution in [2.45, 2.75) is 18.4 Å². The summed E-state index contributed by atoms with van der Waals surface area (Å²) >= 11 is 0. The van der Waals surface area contributed by atoms with Crippen LogP contribution in [0.2, 0.25) is 0 Å². The van der Waals surface area contributed by atoms with Crippen LogP contribution in [-0.4, -0.2) is 22.2 Å². The van der Waals surface area contributed by atoms with Crippen LogP contribution in [0.15, 0.2) is 42.5 Å². The van der Waals surface area contributed by atoms with Crippen molar-refractivity contribution in [3.63, 3.8) is 0 Å². The van der Waals surface area contributed by atoms with Crippen molar-refractivity contribution in [1.29, 1.82) is 0 Å². The van der Waals surface area contributed by atoms with E-state index in [1.165, 1.54) is 16.7 Å². The van der Waals surface area contributed by atoms with Gasteiger partial charge in [-0.1, -0.05) is 30.3 Å². The fourth-order valence-electron chi connectivity index (χ4n) is 2.98. The summed E-state index contributed by atoms with van der Waals surface area (Å²) in [6, 6.07) is 11.6. The van der Waals surface area contributed by atoms with Gasteiger partial charge in [-0.05, 0) is 18.6 Å². The van der Waals surface area contributed by atoms with E-state index < -0.39 is 17.3 Å². The summed E-state index contributed by atoms with van der Waals surface area (Å²) in [7, 11) is 0. The number of nitrogens with zero attached hydrogens (tertiary/aromatic N) is 1. The van der Waals surface area contributed by atoms with E-state index in [9.17, 15) is 19.5 Å². The maximum absolute atomic E-state index is 12.5. The Hall–Kier alpha value is -1.89. The SMILES string of the molecule is NC(=O)C1(C(=O)[O-])CCn2c(C(=O)c3ccccc3)ccc21.[Na+]. The second-order valence-electron chi connectivity index (χ2n) is 5.26. The predicted octanol–water partition coefficient (Wildman–Crippen LogP) is -3.40. The van der Waals surface area contributed by atoms with Crippen LogP contribution in [0, 0.1) is 0 Å². The molecule has 1 aliphatic rings. The van der Waals surface area contributed by atoms with Crippen LogP contribution in [-0.2, 0) is 21.5 Å². The first-order valence-electron chi connectivity index (χ1n) is 6.79. The molecule has 7 heteroatoms. The number of carbonyl (C=O) groups is 3. The molecule has 0 fully saturated rings. The van der Waals surface area contributed by atoms with Crippen LogP contribution >= 0.6 is 0 Å². The van der Waals surface area contributed by atoms with E-state index in [2.05, 4.69) is 0 Å². The monoisotopic (exact) mass is 320 g/mol. The minimum atomic E-state index is -1.87. The molecule has 1 aromatic carbocycles. The third kappa shape index (κ3) is 2.52. The molecule has 0 saturated carbocycles. The molecule has 1 unspecified atom stereocenters. The maximum Gasteiger partial charge on any atom is 1.00 e. The van der Waals surface area contributed by atoms with E-state index in [4.69, 9.17) is 5.73 Å². The standard InChI is InChI=1S/C16H14N2O4.Na/c17-14(20)16(15(21)22)8-9-18-11(6-7-12(16)18)13(19)10-4-2-1-3-5-10;/h1-7H,8-9H2,(H2,17,20)(H,21,22);/q;+1/p-1. The van der Waals surface area contributed by atoms with Crippen LogP contribution in [0.25, 0.3) is 0 Å². The number of primary amides is 1. The zero-order valence-corrected chi connectivity index (χ0v) is 14.6. The number of ketones is 1. The van der Waals surface area contributed by atoms with Crippen LogP contribution in [0.5, 0.6) is 0 Å². The van der Waals surface area contributed by atoms with Gasteiger partial charge in [0.05, 0.1) is 11.7 Å². The number of benzene rings is 1. The van der Waals surface area contributed by atoms with E-state index in [-0.39, 0.29) is 54.0 Å². The minimum absolute atomic E-state index is 0. The number of hydrogen-bond acceptors (Lipinski definition) is 4. The van der Waals surface area contributed by atoms with Crippen molar-refractivity contribution in [3.8, 4) is 0 Å². The first kappa shape index (κ1) is 17.5. The van der Waals surface area contributed by atoms with Gasteiger partial charge in [-0.25, -0.2) is 0 Å². The van der Waals surface area contributed by atoms with Crippen molar-refractivity contribution in [2.75, 3.05) is 0 Å². The average Bonchev–Trinajstić information content (AvgIpc) is 3.07. The van der Waals surface area contributed by atoms with Gasteiger partial charge in [-0.2, -0.15) is 0 Å². The molecule has 1 atom stereocenters. The molecule has 3 rings (SSSR count). The number of carboxylic acids is 1. The fourth-order valence-corrected chi connectivity index (χ4v) is 2.98. The van der Waals surface area contributed by atoms with Gasteiger partial charge in [0, 0.05) is 17.8 Å². The summed E-state index contributed by atoms with van der Waals surface area (Å²) in [5.74, 6) is -2.73. The Balaban J connectivity index is 0.00000192. The Morgan fingerprint density at radius 1 is 1.09 bits per heavy atom. The van der Waals surface area contributed by atoms with Crippen molar-refractivity contribution >= 4 is 17.7 Å². The molecule has 2 N–H and O–H groups in total. The largest absolute Gasteiger partial charge is 1.00 e. The quantitative estimate of drug-likeness (QED) is 0.360. The van der Waals surface area contributed by atoms with Crippen LogP contribution in [0.1, 0.15) is 28.2 Å². The van der Waals surface area contributed by atoms with Gasteiger partial charge in [-0.3, -0.25) is 9.59 Å². The molecule has 0 saturated heterocycles. The molecule has 2 heterocycles. The summed E-state index contributed by atoms with van der Waals surface area (Å²) in [6.45, 7) is 0.229. The van der Waals surface area contributed by atoms with Crippen LogP contribution in [0.3, 0.4) is 0 Å². The number of aromatic nitrogens is 1. The van der Waals surface area contributed by atoms with Crippen LogP contribution < -0.4 is 40.4 Å². The number of nitrogens with two attached hydrogens (primary N) is 1. The molecule has 0 aliphatic carbocycles. The predicted molar refractivity (Wildman–Crippen MR) is 74.8 cm³/mol. The number of amides is 1. The first-order chi connectivity index (χ1) is 10.5. The van der Waals surface area contributed by atoms with Crippen molar-refractivity contribution in [1.82, 2.24) is 4.57 Å². The Kier molecular flexibility index (Phi) is 4.79. The van der Waals surface area contributed by atoms with E-state index in [0.29, 0.717) is 11.3 Å². The molecule has 0 spiro atoms. The van der Waals surface area contributed by atoms with Gasteiger partial charge in [0.2, 0.25) is 11.7 Å². The van der Waals surface area contributed by atoms with Crippen molar-refractivity contribution in [3.05, 3.63) is 59.4 Å². The molecule has 2 aromatic rings. The zero-order valence-electron chi connectivity index (χ0n) is 12.6. The van der Waals surface area contributed by atoms with Gasteiger partial charge in [-0.15, -0.1) is 0 Å². The molecule has 1 aromatic heterocycles. The number of fused-ring (bicyclic) bond motifs is 1. The third-order valence-corrected chi connectivity index (χ3v) is 4.17. The Labute approximate surface area is 154 Å². The molecule has 112 valence electrons. The second kappa shape index (κ2) is 6.31. The van der Waals surface area contributed by atoms with Gasteiger partial charge in [0.15, 0.2) is 0 Å². The Bertz CT molecular complexity index is 769. The van der Waals surface area contributed by atoms with Crippen molar-refractivity contribution < 1.29 is 49.0 Å². The molecule has 6 nitrogen and oxygen atoms in total. The van der Waals surface area contributed by atoms with E-state index in [1.54, 1.807) is 30.3 Å². The van der Waals surface area contributed by atoms with Gasteiger partial charge in [0.25, 0.3) is 0 Å². The Morgan fingerprint density at radius 2 is 1.74 bits per heavy atom. The molecule has 1 amide bonds. The topological polar surface area (TPSA) is 105 Å². The maximum atomic E-state index is 12.5. The number of carboxylic acid groups (broad SMARTS) is 1. The summed E-state index contributed by atoms with van der Waals surface area (Å²) in [5.41, 5.74) is 4.46. The van der Waals surface area contributed by atoms with Crippen LogP contribution in [0.4, 0.5) is 0 Å². The molecule has 0 bridgehead atoms. The average molecular weight is 320 g/mol. The zero-order chi connectivity index (χ0) is 15.9. The number of aliphatic carboxylic acids is 1. The number of hydrogen-bond donors (Lipinski definition) is 1. The molecular weight excluding hydrogens is 307 g/mol. The molecule has 0 radical (unpaired) electrons. The number of rotatable bonds is 4. The summed E-state index contributed by atoms with van der Waals surface area (Å²) in [4.78, 5) is 35.7. The van der Waals surface area contributed by atoms with Gasteiger partial charge < -0.3 is 20.2 Å². The molecule has 1 aliphatic heterocycles. The summed E-state index contributed by atoms with van der Waals surface area (Å²) in [5, 5.41) is 11.5. The number of carbonyl (C=O) groups excluding carboxylic acids is 3. The Morgan fingerprint density at radius 3 is 2.30 bits per heavy atom.